The Morgan fingerprint density at radius 1 is 1.23 bits per heavy atom. The van der Waals surface area contributed by atoms with E-state index in [2.05, 4.69) is 5.32 Å². The number of halogens is 1. The zero-order valence-electron chi connectivity index (χ0n) is 12.6. The molecule has 4 nitrogen and oxygen atoms in total. The summed E-state index contributed by atoms with van der Waals surface area (Å²) in [6.45, 7) is 0.609. The minimum absolute atomic E-state index is 0.0752. The van der Waals surface area contributed by atoms with Gasteiger partial charge in [-0.15, -0.1) is 0 Å². The number of carbonyl (C=O) groups is 2. The van der Waals surface area contributed by atoms with Crippen LogP contribution in [0.25, 0.3) is 0 Å². The topological polar surface area (TPSA) is 49.4 Å². The Morgan fingerprint density at radius 3 is 2.73 bits per heavy atom. The van der Waals surface area contributed by atoms with E-state index in [1.807, 2.05) is 29.2 Å². The molecule has 0 radical (unpaired) electrons. The quantitative estimate of drug-likeness (QED) is 0.927. The van der Waals surface area contributed by atoms with Crippen molar-refractivity contribution in [1.82, 2.24) is 10.2 Å². The second-order valence-corrected chi connectivity index (χ2v) is 6.61. The summed E-state index contributed by atoms with van der Waals surface area (Å²) < 4.78 is 0. The number of amides is 2. The highest BCUT2D eigenvalue weighted by Crippen LogP contribution is 2.29. The lowest BCUT2D eigenvalue weighted by Gasteiger charge is -2.27. The van der Waals surface area contributed by atoms with E-state index < -0.39 is 0 Å². The normalized spacial score (nSPS) is 24.0. The van der Waals surface area contributed by atoms with Gasteiger partial charge >= 0.3 is 0 Å². The smallest absolute Gasteiger partial charge is 0.223 e. The molecule has 22 heavy (non-hydrogen) atoms. The zero-order valence-corrected chi connectivity index (χ0v) is 13.3. The summed E-state index contributed by atoms with van der Waals surface area (Å²) in [7, 11) is 0. The molecular formula is C17H21ClN2O2. The van der Waals surface area contributed by atoms with Gasteiger partial charge in [-0.2, -0.15) is 0 Å². The molecule has 2 heterocycles. The van der Waals surface area contributed by atoms with Crippen LogP contribution in [0.4, 0.5) is 0 Å². The largest absolute Gasteiger partial charge is 0.354 e. The van der Waals surface area contributed by atoms with E-state index in [0.29, 0.717) is 19.4 Å². The predicted octanol–water partition coefficient (Wildman–Crippen LogP) is 2.54. The first-order valence-corrected chi connectivity index (χ1v) is 8.33. The number of hydrogen-bond acceptors (Lipinski definition) is 2. The molecule has 2 bridgehead atoms. The average Bonchev–Trinajstić information content (AvgIpc) is 2.81. The van der Waals surface area contributed by atoms with Crippen molar-refractivity contribution in [2.75, 3.05) is 6.54 Å². The molecule has 118 valence electrons. The SMILES string of the molecule is O=C1C[C@@H]2CC[C@H](CN1)N2C(=O)CCCc1ccc(Cl)cc1. The number of aryl methyl sites for hydroxylation is 1. The van der Waals surface area contributed by atoms with Crippen LogP contribution < -0.4 is 5.32 Å². The van der Waals surface area contributed by atoms with Crippen LogP contribution in [0.1, 0.15) is 37.7 Å². The molecule has 0 aliphatic carbocycles. The zero-order chi connectivity index (χ0) is 15.5. The third kappa shape index (κ3) is 3.43. The molecule has 0 unspecified atom stereocenters. The van der Waals surface area contributed by atoms with Gasteiger partial charge < -0.3 is 10.2 Å². The Hall–Kier alpha value is -1.55. The number of hydrogen-bond donors (Lipinski definition) is 1. The summed E-state index contributed by atoms with van der Waals surface area (Å²) in [6, 6.07) is 8.07. The summed E-state index contributed by atoms with van der Waals surface area (Å²) in [6.07, 6.45) is 4.68. The molecule has 5 heteroatoms. The van der Waals surface area contributed by atoms with Crippen LogP contribution in [0.15, 0.2) is 24.3 Å². The molecule has 0 saturated carbocycles. The van der Waals surface area contributed by atoms with Crippen LogP contribution in [-0.4, -0.2) is 35.3 Å². The van der Waals surface area contributed by atoms with Crippen LogP contribution >= 0.6 is 11.6 Å². The van der Waals surface area contributed by atoms with Crippen molar-refractivity contribution in [3.8, 4) is 0 Å². The number of fused-ring (bicyclic) bond motifs is 2. The second kappa shape index (κ2) is 6.69. The van der Waals surface area contributed by atoms with Crippen molar-refractivity contribution in [2.45, 2.75) is 50.6 Å². The molecule has 0 spiro atoms. The monoisotopic (exact) mass is 320 g/mol. The van der Waals surface area contributed by atoms with E-state index >= 15 is 0 Å². The number of nitrogens with one attached hydrogen (secondary N) is 1. The van der Waals surface area contributed by atoms with Crippen molar-refractivity contribution >= 4 is 23.4 Å². The average molecular weight is 321 g/mol. The predicted molar refractivity (Wildman–Crippen MR) is 85.7 cm³/mol. The van der Waals surface area contributed by atoms with Crippen molar-refractivity contribution < 1.29 is 9.59 Å². The molecule has 2 aliphatic heterocycles. The maximum absolute atomic E-state index is 12.5. The molecule has 2 aliphatic rings. The number of rotatable bonds is 4. The lowest BCUT2D eigenvalue weighted by atomic mass is 10.1. The van der Waals surface area contributed by atoms with E-state index in [0.717, 1.165) is 30.7 Å². The highest BCUT2D eigenvalue weighted by molar-refractivity contribution is 6.30. The van der Waals surface area contributed by atoms with Gasteiger partial charge in [-0.25, -0.2) is 0 Å². The summed E-state index contributed by atoms with van der Waals surface area (Å²) in [5.41, 5.74) is 1.20. The van der Waals surface area contributed by atoms with Crippen LogP contribution in [0, 0.1) is 0 Å². The van der Waals surface area contributed by atoms with Gasteiger partial charge in [0.15, 0.2) is 0 Å². The third-order valence-corrected chi connectivity index (χ3v) is 4.89. The van der Waals surface area contributed by atoms with E-state index in [1.54, 1.807) is 0 Å². The standard InChI is InChI=1S/C17H21ClN2O2/c18-13-6-4-12(5-7-13)2-1-3-17(22)20-14-8-9-15(20)11-19-16(21)10-14/h4-7,14-15H,1-3,8-11H2,(H,19,21)/t14-,15+/m0/s1. The summed E-state index contributed by atoms with van der Waals surface area (Å²) in [4.78, 5) is 26.1. The van der Waals surface area contributed by atoms with E-state index in [9.17, 15) is 9.59 Å². The Kier molecular flexibility index (Phi) is 4.67. The highest BCUT2D eigenvalue weighted by atomic mass is 35.5. The minimum atomic E-state index is 0.0752. The molecule has 2 saturated heterocycles. The van der Waals surface area contributed by atoms with E-state index in [1.165, 1.54) is 5.56 Å². The lowest BCUT2D eigenvalue weighted by Crippen LogP contribution is -2.42. The molecule has 1 N–H and O–H groups in total. The van der Waals surface area contributed by atoms with Gasteiger partial charge in [-0.3, -0.25) is 9.59 Å². The summed E-state index contributed by atoms with van der Waals surface area (Å²) in [5.74, 6) is 0.268. The maximum atomic E-state index is 12.5. The minimum Gasteiger partial charge on any atom is -0.354 e. The number of nitrogens with zero attached hydrogens (tertiary/aromatic N) is 1. The van der Waals surface area contributed by atoms with E-state index in [4.69, 9.17) is 11.6 Å². The summed E-state index contributed by atoms with van der Waals surface area (Å²) in [5, 5.41) is 3.64. The Morgan fingerprint density at radius 2 is 1.95 bits per heavy atom. The van der Waals surface area contributed by atoms with Crippen molar-refractivity contribution in [3.63, 3.8) is 0 Å². The second-order valence-electron chi connectivity index (χ2n) is 6.17. The fourth-order valence-electron chi connectivity index (χ4n) is 3.51. The first-order valence-electron chi connectivity index (χ1n) is 7.96. The first-order chi connectivity index (χ1) is 10.6. The Balaban J connectivity index is 1.53. The molecule has 2 amide bonds. The molecule has 2 atom stereocenters. The van der Waals surface area contributed by atoms with Crippen LogP contribution in [0.3, 0.4) is 0 Å². The third-order valence-electron chi connectivity index (χ3n) is 4.63. The molecule has 2 fully saturated rings. The fourth-order valence-corrected chi connectivity index (χ4v) is 3.64. The molecule has 1 aromatic rings. The van der Waals surface area contributed by atoms with Crippen LogP contribution in [0.2, 0.25) is 5.02 Å². The Labute approximate surface area is 135 Å². The molecular weight excluding hydrogens is 300 g/mol. The number of benzene rings is 1. The van der Waals surface area contributed by atoms with Gasteiger partial charge in [-0.05, 0) is 43.4 Å². The van der Waals surface area contributed by atoms with Crippen molar-refractivity contribution in [1.29, 1.82) is 0 Å². The van der Waals surface area contributed by atoms with Gasteiger partial charge in [0.25, 0.3) is 0 Å². The fraction of sp³-hybridized carbons (Fsp3) is 0.529. The summed E-state index contributed by atoms with van der Waals surface area (Å²) >= 11 is 5.87. The van der Waals surface area contributed by atoms with Gasteiger partial charge in [0, 0.05) is 36.5 Å². The van der Waals surface area contributed by atoms with Gasteiger partial charge in [0.05, 0.1) is 0 Å². The molecule has 0 aromatic heterocycles. The van der Waals surface area contributed by atoms with Crippen molar-refractivity contribution in [2.24, 2.45) is 0 Å². The Bertz CT molecular complexity index is 558. The van der Waals surface area contributed by atoms with Gasteiger partial charge in [-0.1, -0.05) is 23.7 Å². The maximum Gasteiger partial charge on any atom is 0.223 e. The van der Waals surface area contributed by atoms with Crippen LogP contribution in [0.5, 0.6) is 0 Å². The molecule has 1 aromatic carbocycles. The van der Waals surface area contributed by atoms with E-state index in [-0.39, 0.29) is 23.9 Å². The van der Waals surface area contributed by atoms with Crippen LogP contribution in [-0.2, 0) is 16.0 Å². The first kappa shape index (κ1) is 15.3. The number of carbonyl (C=O) groups excluding carboxylic acids is 2. The van der Waals surface area contributed by atoms with Crippen molar-refractivity contribution in [3.05, 3.63) is 34.9 Å². The molecule has 3 rings (SSSR count). The van der Waals surface area contributed by atoms with Gasteiger partial charge in [0.2, 0.25) is 11.8 Å². The highest BCUT2D eigenvalue weighted by Gasteiger charge is 2.39. The van der Waals surface area contributed by atoms with Gasteiger partial charge in [0.1, 0.15) is 0 Å². The lowest BCUT2D eigenvalue weighted by molar-refractivity contribution is -0.134.